The molecule has 9 heavy (non-hydrogen) atoms. The van der Waals surface area contributed by atoms with Crippen LogP contribution < -0.4 is 0 Å². The highest BCUT2D eigenvalue weighted by molar-refractivity contribution is 6.20. The van der Waals surface area contributed by atoms with E-state index in [0.29, 0.717) is 0 Å². The van der Waals surface area contributed by atoms with Gasteiger partial charge in [0.2, 0.25) is 0 Å². The second-order valence-electron chi connectivity index (χ2n) is 2.25. The molecule has 0 bridgehead atoms. The normalized spacial score (nSPS) is 16.8. The molecular weight excluding hydrogens is 140 g/mol. The molecule has 0 aliphatic carbocycles. The van der Waals surface area contributed by atoms with Crippen LogP contribution in [0.2, 0.25) is 0 Å². The van der Waals surface area contributed by atoms with Crippen molar-refractivity contribution in [2.24, 2.45) is 5.92 Å². The monoisotopic (exact) mass is 150 g/mol. The van der Waals surface area contributed by atoms with Crippen LogP contribution in [0.4, 0.5) is 0 Å². The van der Waals surface area contributed by atoms with Crippen LogP contribution in [0.15, 0.2) is 0 Å². The van der Waals surface area contributed by atoms with Gasteiger partial charge in [0.25, 0.3) is 0 Å². The Hall–Kier alpha value is -0.240. The molecule has 0 spiro atoms. The fourth-order valence-corrected chi connectivity index (χ4v) is 0.527. The molecule has 0 aliphatic heterocycles. The predicted octanol–water partition coefficient (Wildman–Crippen LogP) is 1.72. The van der Waals surface area contributed by atoms with Crippen molar-refractivity contribution in [3.05, 3.63) is 0 Å². The third-order valence-electron chi connectivity index (χ3n) is 1.28. The number of alkyl halides is 1. The van der Waals surface area contributed by atoms with Crippen molar-refractivity contribution in [3.8, 4) is 0 Å². The van der Waals surface area contributed by atoms with Crippen LogP contribution in [-0.4, -0.2) is 16.5 Å². The van der Waals surface area contributed by atoms with E-state index in [1.807, 2.05) is 6.92 Å². The summed E-state index contributed by atoms with van der Waals surface area (Å²) in [5.41, 5.74) is 0. The highest BCUT2D eigenvalue weighted by Crippen LogP contribution is 2.12. The molecule has 0 fully saturated rings. The van der Waals surface area contributed by atoms with E-state index in [0.717, 1.165) is 0 Å². The molecule has 0 aliphatic rings. The van der Waals surface area contributed by atoms with Crippen LogP contribution in [0.1, 0.15) is 20.3 Å². The van der Waals surface area contributed by atoms with E-state index in [1.165, 1.54) is 0 Å². The lowest BCUT2D eigenvalue weighted by Crippen LogP contribution is -2.11. The van der Waals surface area contributed by atoms with E-state index in [4.69, 9.17) is 16.7 Å². The van der Waals surface area contributed by atoms with Crippen LogP contribution >= 0.6 is 11.6 Å². The lowest BCUT2D eigenvalue weighted by atomic mass is 10.1. The number of hydrogen-bond acceptors (Lipinski definition) is 1. The molecule has 0 rings (SSSR count). The van der Waals surface area contributed by atoms with Gasteiger partial charge in [-0.3, -0.25) is 4.79 Å². The van der Waals surface area contributed by atoms with Gasteiger partial charge in [0.05, 0.1) is 0 Å². The van der Waals surface area contributed by atoms with Gasteiger partial charge in [0.15, 0.2) is 0 Å². The summed E-state index contributed by atoms with van der Waals surface area (Å²) >= 11 is 5.61. The first-order chi connectivity index (χ1) is 4.04. The number of carboxylic acids is 1. The van der Waals surface area contributed by atoms with Crippen LogP contribution in [0.25, 0.3) is 0 Å². The Balaban J connectivity index is 3.50. The van der Waals surface area contributed by atoms with E-state index in [2.05, 4.69) is 0 Å². The van der Waals surface area contributed by atoms with Crippen LogP contribution in [0, 0.1) is 5.92 Å². The minimum absolute atomic E-state index is 0.0545. The maximum Gasteiger partial charge on any atom is 0.303 e. The lowest BCUT2D eigenvalue weighted by molar-refractivity contribution is -0.137. The Bertz CT molecular complexity index is 101. The summed E-state index contributed by atoms with van der Waals surface area (Å²) in [6, 6.07) is 0. The Morgan fingerprint density at radius 1 is 1.67 bits per heavy atom. The third-order valence-corrected chi connectivity index (χ3v) is 1.71. The summed E-state index contributed by atoms with van der Waals surface area (Å²) in [5.74, 6) is -0.723. The molecule has 0 radical (unpaired) electrons. The van der Waals surface area contributed by atoms with Crippen molar-refractivity contribution in [2.45, 2.75) is 25.6 Å². The molecule has 2 nitrogen and oxygen atoms in total. The van der Waals surface area contributed by atoms with Gasteiger partial charge in [-0.15, -0.1) is 11.6 Å². The number of hydrogen-bond donors (Lipinski definition) is 1. The Labute approximate surface area is 59.8 Å². The average Bonchev–Trinajstić information content (AvgIpc) is 1.63. The lowest BCUT2D eigenvalue weighted by Gasteiger charge is -2.09. The van der Waals surface area contributed by atoms with E-state index in [-0.39, 0.29) is 17.7 Å². The second kappa shape index (κ2) is 3.72. The molecule has 0 heterocycles. The zero-order valence-electron chi connectivity index (χ0n) is 5.60. The first-order valence-electron chi connectivity index (χ1n) is 2.90. The van der Waals surface area contributed by atoms with Gasteiger partial charge in [-0.25, -0.2) is 0 Å². The summed E-state index contributed by atoms with van der Waals surface area (Å²) in [7, 11) is 0. The average molecular weight is 151 g/mol. The number of carboxylic acid groups (broad SMARTS) is 1. The van der Waals surface area contributed by atoms with Gasteiger partial charge in [0, 0.05) is 11.8 Å². The minimum Gasteiger partial charge on any atom is -0.481 e. The molecule has 54 valence electrons. The SMILES string of the molecule is CC(Cl)C(C)CC(=O)O. The highest BCUT2D eigenvalue weighted by atomic mass is 35.5. The van der Waals surface area contributed by atoms with Crippen molar-refractivity contribution < 1.29 is 9.90 Å². The van der Waals surface area contributed by atoms with Crippen molar-refractivity contribution in [2.75, 3.05) is 0 Å². The Kier molecular flexibility index (Phi) is 3.62. The zero-order valence-corrected chi connectivity index (χ0v) is 6.35. The number of carbonyl (C=O) groups is 1. The maximum absolute atomic E-state index is 10.1. The van der Waals surface area contributed by atoms with E-state index >= 15 is 0 Å². The summed E-state index contributed by atoms with van der Waals surface area (Å²) in [6.45, 7) is 3.63. The molecule has 2 unspecified atom stereocenters. The molecule has 0 aromatic rings. The standard InChI is InChI=1S/C6H11ClO2/c1-4(5(2)7)3-6(8)9/h4-5H,3H2,1-2H3,(H,8,9). The smallest absolute Gasteiger partial charge is 0.303 e. The topological polar surface area (TPSA) is 37.3 Å². The zero-order chi connectivity index (χ0) is 7.44. The van der Waals surface area contributed by atoms with E-state index < -0.39 is 5.97 Å². The highest BCUT2D eigenvalue weighted by Gasteiger charge is 2.11. The van der Waals surface area contributed by atoms with E-state index in [1.54, 1.807) is 6.92 Å². The summed E-state index contributed by atoms with van der Waals surface area (Å²) < 4.78 is 0. The molecule has 0 aromatic heterocycles. The van der Waals surface area contributed by atoms with Gasteiger partial charge in [0.1, 0.15) is 0 Å². The molecule has 1 N–H and O–H groups in total. The minimum atomic E-state index is -0.782. The van der Waals surface area contributed by atoms with Crippen molar-refractivity contribution in [3.63, 3.8) is 0 Å². The largest absolute Gasteiger partial charge is 0.481 e. The number of aliphatic carboxylic acids is 1. The quantitative estimate of drug-likeness (QED) is 0.623. The molecular formula is C6H11ClO2. The maximum atomic E-state index is 10.1. The Morgan fingerprint density at radius 3 is 2.22 bits per heavy atom. The first kappa shape index (κ1) is 8.76. The van der Waals surface area contributed by atoms with Crippen LogP contribution in [-0.2, 0) is 4.79 Å². The fraction of sp³-hybridized carbons (Fsp3) is 0.833. The molecule has 0 aromatic carbocycles. The van der Waals surface area contributed by atoms with Crippen molar-refractivity contribution in [1.82, 2.24) is 0 Å². The predicted molar refractivity (Wildman–Crippen MR) is 36.7 cm³/mol. The summed E-state index contributed by atoms with van der Waals surface area (Å²) in [5, 5.41) is 8.22. The summed E-state index contributed by atoms with van der Waals surface area (Å²) in [6.07, 6.45) is 0.157. The van der Waals surface area contributed by atoms with Crippen LogP contribution in [0.3, 0.4) is 0 Å². The fourth-order valence-electron chi connectivity index (χ4n) is 0.438. The molecule has 0 saturated carbocycles. The van der Waals surface area contributed by atoms with Crippen LogP contribution in [0.5, 0.6) is 0 Å². The second-order valence-corrected chi connectivity index (χ2v) is 2.94. The van der Waals surface area contributed by atoms with Crippen molar-refractivity contribution >= 4 is 17.6 Å². The third kappa shape index (κ3) is 4.28. The molecule has 0 amide bonds. The Morgan fingerprint density at radius 2 is 2.11 bits per heavy atom. The van der Waals surface area contributed by atoms with Gasteiger partial charge in [-0.2, -0.15) is 0 Å². The van der Waals surface area contributed by atoms with Crippen molar-refractivity contribution in [1.29, 1.82) is 0 Å². The van der Waals surface area contributed by atoms with Gasteiger partial charge in [-0.05, 0) is 12.8 Å². The molecule has 3 heteroatoms. The number of halogens is 1. The molecule has 0 saturated heterocycles. The summed E-state index contributed by atoms with van der Waals surface area (Å²) in [4.78, 5) is 10.1. The molecule has 2 atom stereocenters. The van der Waals surface area contributed by atoms with E-state index in [9.17, 15) is 4.79 Å². The first-order valence-corrected chi connectivity index (χ1v) is 3.33. The van der Waals surface area contributed by atoms with Gasteiger partial charge < -0.3 is 5.11 Å². The van der Waals surface area contributed by atoms with Gasteiger partial charge >= 0.3 is 5.97 Å². The van der Waals surface area contributed by atoms with Gasteiger partial charge in [-0.1, -0.05) is 6.92 Å². The number of rotatable bonds is 3.